The molecule has 2 fully saturated rings. The van der Waals surface area contributed by atoms with Gasteiger partial charge < -0.3 is 9.47 Å². The van der Waals surface area contributed by atoms with Crippen LogP contribution in [0, 0.1) is 19.8 Å². The monoisotopic (exact) mass is 543 g/mol. The molecule has 2 saturated heterocycles. The summed E-state index contributed by atoms with van der Waals surface area (Å²) in [4.78, 5) is 20.8. The van der Waals surface area contributed by atoms with Crippen LogP contribution in [0.25, 0.3) is 10.2 Å². The molecule has 198 valence electrons. The Labute approximate surface area is 222 Å². The second-order valence-corrected chi connectivity index (χ2v) is 12.8. The predicted octanol–water partition coefficient (Wildman–Crippen LogP) is 4.53. The molecule has 8 nitrogen and oxygen atoms in total. The number of aromatic nitrogens is 1. The van der Waals surface area contributed by atoms with E-state index in [1.54, 1.807) is 36.3 Å². The van der Waals surface area contributed by atoms with Gasteiger partial charge in [-0.3, -0.25) is 9.69 Å². The van der Waals surface area contributed by atoms with E-state index in [1.165, 1.54) is 15.6 Å². The van der Waals surface area contributed by atoms with Crippen LogP contribution in [0.3, 0.4) is 0 Å². The fourth-order valence-electron chi connectivity index (χ4n) is 5.21. The fourth-order valence-corrected chi connectivity index (χ4v) is 7.89. The lowest BCUT2D eigenvalue weighted by Crippen LogP contribution is -2.48. The normalized spacial score (nSPS) is 20.8. The van der Waals surface area contributed by atoms with Crippen LogP contribution in [0.5, 0.6) is 5.75 Å². The number of amides is 1. The van der Waals surface area contributed by atoms with Crippen LogP contribution in [-0.4, -0.2) is 63.1 Å². The number of aryl methyl sites for hydroxylation is 2. The van der Waals surface area contributed by atoms with Crippen LogP contribution in [0.2, 0.25) is 0 Å². The Hall–Kier alpha value is -2.53. The first kappa shape index (κ1) is 26.1. The Bertz CT molecular complexity index is 1380. The van der Waals surface area contributed by atoms with Gasteiger partial charge in [0.05, 0.1) is 40.8 Å². The van der Waals surface area contributed by atoms with E-state index in [9.17, 15) is 13.2 Å². The lowest BCUT2D eigenvalue weighted by atomic mass is 9.98. The van der Waals surface area contributed by atoms with Gasteiger partial charge in [0.1, 0.15) is 5.75 Å². The molecular weight excluding hydrogens is 510 g/mol. The van der Waals surface area contributed by atoms with E-state index in [0.29, 0.717) is 43.4 Å². The first-order valence-electron chi connectivity index (χ1n) is 12.7. The summed E-state index contributed by atoms with van der Waals surface area (Å²) < 4.78 is 40.3. The highest BCUT2D eigenvalue weighted by atomic mass is 32.2. The molecule has 5 rings (SSSR count). The molecule has 10 heteroatoms. The van der Waals surface area contributed by atoms with Crippen molar-refractivity contribution >= 4 is 42.6 Å². The molecule has 0 N–H and O–H groups in total. The van der Waals surface area contributed by atoms with Crippen LogP contribution >= 0.6 is 11.3 Å². The van der Waals surface area contributed by atoms with E-state index < -0.39 is 15.9 Å². The molecule has 0 spiro atoms. The number of nitrogens with zero attached hydrogens (tertiary/aromatic N) is 3. The number of thiazole rings is 1. The van der Waals surface area contributed by atoms with Gasteiger partial charge in [-0.1, -0.05) is 17.4 Å². The van der Waals surface area contributed by atoms with Gasteiger partial charge in [0.25, 0.3) is 0 Å². The Kier molecular flexibility index (Phi) is 7.53. The summed E-state index contributed by atoms with van der Waals surface area (Å²) in [6.45, 7) is 5.76. The highest BCUT2D eigenvalue weighted by molar-refractivity contribution is 7.89. The second-order valence-electron chi connectivity index (χ2n) is 9.89. The Balaban J connectivity index is 1.42. The number of fused-ring (bicyclic) bond motifs is 1. The predicted molar refractivity (Wildman–Crippen MR) is 145 cm³/mol. The summed E-state index contributed by atoms with van der Waals surface area (Å²) in [5.41, 5.74) is 3.14. The van der Waals surface area contributed by atoms with Gasteiger partial charge in [-0.2, -0.15) is 4.31 Å². The number of methoxy groups -OCH3 is 1. The molecule has 1 aromatic heterocycles. The van der Waals surface area contributed by atoms with Gasteiger partial charge in [-0.15, -0.1) is 0 Å². The molecule has 0 aliphatic carbocycles. The smallest absolute Gasteiger partial charge is 0.243 e. The van der Waals surface area contributed by atoms with Crippen LogP contribution in [0.15, 0.2) is 41.3 Å². The summed E-state index contributed by atoms with van der Waals surface area (Å²) in [5.74, 6) is 0.0632. The van der Waals surface area contributed by atoms with Gasteiger partial charge in [0.2, 0.25) is 15.9 Å². The molecule has 3 aromatic rings. The van der Waals surface area contributed by atoms with E-state index in [1.807, 2.05) is 6.92 Å². The van der Waals surface area contributed by atoms with Crippen molar-refractivity contribution in [1.29, 1.82) is 0 Å². The summed E-state index contributed by atoms with van der Waals surface area (Å²) in [6, 6.07) is 10.6. The number of carbonyl (C=O) groups is 1. The number of rotatable bonds is 7. The van der Waals surface area contributed by atoms with Crippen molar-refractivity contribution < 1.29 is 22.7 Å². The molecule has 0 bridgehead atoms. The fraction of sp³-hybridized carbons (Fsp3) is 0.481. The number of hydrogen-bond acceptors (Lipinski definition) is 7. The zero-order valence-electron chi connectivity index (χ0n) is 21.5. The molecule has 2 atom stereocenters. The van der Waals surface area contributed by atoms with Crippen LogP contribution in [0.4, 0.5) is 5.13 Å². The summed E-state index contributed by atoms with van der Waals surface area (Å²) in [7, 11) is -2.19. The van der Waals surface area contributed by atoms with Crippen molar-refractivity contribution in [2.24, 2.45) is 5.92 Å². The number of piperidine rings is 1. The highest BCUT2D eigenvalue weighted by Gasteiger charge is 2.37. The number of ether oxygens (including phenoxy) is 2. The molecule has 3 heterocycles. The van der Waals surface area contributed by atoms with Gasteiger partial charge in [-0.05, 0) is 81.0 Å². The van der Waals surface area contributed by atoms with E-state index in [4.69, 9.17) is 14.5 Å². The molecule has 2 aromatic carbocycles. The minimum atomic E-state index is -3.73. The summed E-state index contributed by atoms with van der Waals surface area (Å²) in [5, 5.41) is 0.652. The Morgan fingerprint density at radius 1 is 1.19 bits per heavy atom. The number of anilines is 1. The lowest BCUT2D eigenvalue weighted by molar-refractivity contribution is -0.123. The molecule has 2 aliphatic rings. The van der Waals surface area contributed by atoms with E-state index in [2.05, 4.69) is 19.1 Å². The molecule has 2 unspecified atom stereocenters. The van der Waals surface area contributed by atoms with Crippen LogP contribution in [0.1, 0.15) is 36.8 Å². The van der Waals surface area contributed by atoms with Crippen molar-refractivity contribution in [3.63, 3.8) is 0 Å². The van der Waals surface area contributed by atoms with E-state index in [-0.39, 0.29) is 23.5 Å². The molecule has 37 heavy (non-hydrogen) atoms. The number of benzene rings is 2. The molecular formula is C27H33N3O5S2. The first-order valence-corrected chi connectivity index (χ1v) is 15.0. The maximum Gasteiger partial charge on any atom is 0.243 e. The van der Waals surface area contributed by atoms with Gasteiger partial charge in [0, 0.05) is 19.7 Å². The topological polar surface area (TPSA) is 89.0 Å². The molecule has 0 saturated carbocycles. The molecule has 0 radical (unpaired) electrons. The zero-order valence-corrected chi connectivity index (χ0v) is 23.1. The number of carbonyl (C=O) groups excluding carboxylic acids is 1. The standard InChI is InChI=1S/C27H33N3O5S2/c1-18-14-19(2)25-24(15-18)36-27(28-25)30(17-22-7-5-13-35-22)26(31)20-6-4-12-29(16-20)37(32,33)23-10-8-21(34-3)9-11-23/h8-11,14-15,20,22H,4-7,12-13,16-17H2,1-3H3. The molecule has 2 aliphatic heterocycles. The van der Waals surface area contributed by atoms with Gasteiger partial charge in [0.15, 0.2) is 5.13 Å². The highest BCUT2D eigenvalue weighted by Crippen LogP contribution is 2.34. The van der Waals surface area contributed by atoms with Crippen molar-refractivity contribution in [3.8, 4) is 5.75 Å². The van der Waals surface area contributed by atoms with Crippen molar-refractivity contribution in [2.75, 3.05) is 38.3 Å². The zero-order chi connectivity index (χ0) is 26.2. The third-order valence-electron chi connectivity index (χ3n) is 7.16. The van der Waals surface area contributed by atoms with Crippen molar-refractivity contribution in [2.45, 2.75) is 50.5 Å². The number of hydrogen-bond donors (Lipinski definition) is 0. The molecule has 1 amide bonds. The maximum atomic E-state index is 14.0. The van der Waals surface area contributed by atoms with Gasteiger partial charge in [-0.25, -0.2) is 13.4 Å². The quantitative estimate of drug-likeness (QED) is 0.435. The van der Waals surface area contributed by atoms with Crippen LogP contribution in [-0.2, 0) is 19.6 Å². The maximum absolute atomic E-state index is 14.0. The van der Waals surface area contributed by atoms with Crippen molar-refractivity contribution in [3.05, 3.63) is 47.5 Å². The van der Waals surface area contributed by atoms with E-state index in [0.717, 1.165) is 34.2 Å². The third kappa shape index (κ3) is 5.38. The Morgan fingerprint density at radius 3 is 2.68 bits per heavy atom. The van der Waals surface area contributed by atoms with Crippen LogP contribution < -0.4 is 9.64 Å². The largest absolute Gasteiger partial charge is 0.497 e. The lowest BCUT2D eigenvalue weighted by Gasteiger charge is -2.34. The first-order chi connectivity index (χ1) is 17.8. The minimum Gasteiger partial charge on any atom is -0.497 e. The van der Waals surface area contributed by atoms with E-state index >= 15 is 0 Å². The number of sulfonamides is 1. The van der Waals surface area contributed by atoms with Crippen molar-refractivity contribution in [1.82, 2.24) is 9.29 Å². The summed E-state index contributed by atoms with van der Waals surface area (Å²) in [6.07, 6.45) is 3.09. The Morgan fingerprint density at radius 2 is 1.97 bits per heavy atom. The third-order valence-corrected chi connectivity index (χ3v) is 10.1. The average Bonchev–Trinajstić information content (AvgIpc) is 3.57. The summed E-state index contributed by atoms with van der Waals surface area (Å²) >= 11 is 1.51. The minimum absolute atomic E-state index is 0.0403. The average molecular weight is 544 g/mol. The SMILES string of the molecule is COc1ccc(S(=O)(=O)N2CCCC(C(=O)N(CC3CCCO3)c3nc4c(C)cc(C)cc4s3)C2)cc1. The second kappa shape index (κ2) is 10.7. The van der Waals surface area contributed by atoms with Gasteiger partial charge >= 0.3 is 0 Å².